The zero-order valence-electron chi connectivity index (χ0n) is 10.1. The minimum Gasteiger partial charge on any atom is -0.326 e. The molecule has 2 N–H and O–H groups in total. The van der Waals surface area contributed by atoms with E-state index in [4.69, 9.17) is 6.42 Å². The number of rotatable bonds is 6. The van der Waals surface area contributed by atoms with Gasteiger partial charge in [0.2, 0.25) is 5.91 Å². The van der Waals surface area contributed by atoms with Crippen LogP contribution in [0.25, 0.3) is 0 Å². The summed E-state index contributed by atoms with van der Waals surface area (Å²) in [6, 6.07) is 7.77. The Balaban J connectivity index is 2.46. The molecule has 0 bridgehead atoms. The summed E-state index contributed by atoms with van der Waals surface area (Å²) in [6.07, 6.45) is 6.94. The number of carbonyl (C=O) groups is 1. The lowest BCUT2D eigenvalue weighted by molar-refractivity contribution is -0.114. The summed E-state index contributed by atoms with van der Waals surface area (Å²) < 4.78 is 0. The van der Waals surface area contributed by atoms with Crippen LogP contribution in [-0.2, 0) is 11.3 Å². The van der Waals surface area contributed by atoms with Crippen molar-refractivity contribution >= 4 is 11.6 Å². The van der Waals surface area contributed by atoms with Crippen LogP contribution in [0.5, 0.6) is 0 Å². The van der Waals surface area contributed by atoms with Gasteiger partial charge in [-0.1, -0.05) is 18.2 Å². The van der Waals surface area contributed by atoms with Crippen LogP contribution in [0, 0.1) is 12.3 Å². The van der Waals surface area contributed by atoms with Gasteiger partial charge in [0.05, 0.1) is 0 Å². The van der Waals surface area contributed by atoms with E-state index < -0.39 is 0 Å². The van der Waals surface area contributed by atoms with E-state index in [9.17, 15) is 4.79 Å². The molecule has 0 saturated carbocycles. The fraction of sp³-hybridized carbons (Fsp3) is 0.357. The van der Waals surface area contributed by atoms with E-state index in [1.54, 1.807) is 0 Å². The van der Waals surface area contributed by atoms with Gasteiger partial charge in [-0.15, -0.1) is 12.3 Å². The summed E-state index contributed by atoms with van der Waals surface area (Å²) in [6.45, 7) is 3.14. The molecule has 0 unspecified atom stereocenters. The quantitative estimate of drug-likeness (QED) is 0.580. The minimum atomic E-state index is -0.0511. The van der Waals surface area contributed by atoms with E-state index in [1.807, 2.05) is 24.3 Å². The van der Waals surface area contributed by atoms with Gasteiger partial charge in [-0.2, -0.15) is 0 Å². The SMILES string of the molecule is C#CCCCNCc1ccccc1NC(C)=O. The van der Waals surface area contributed by atoms with Crippen LogP contribution < -0.4 is 10.6 Å². The summed E-state index contributed by atoms with van der Waals surface area (Å²) in [5.41, 5.74) is 1.95. The number of hydrogen-bond acceptors (Lipinski definition) is 2. The first kappa shape index (κ1) is 13.3. The second kappa shape index (κ2) is 7.48. The average molecular weight is 230 g/mol. The molecule has 3 nitrogen and oxygen atoms in total. The predicted octanol–water partition coefficient (Wildman–Crippen LogP) is 2.15. The Bertz CT molecular complexity index is 407. The molecule has 0 atom stereocenters. The van der Waals surface area contributed by atoms with Crippen LogP contribution in [0.3, 0.4) is 0 Å². The maximum Gasteiger partial charge on any atom is 0.221 e. The Kier molecular flexibility index (Phi) is 5.84. The number of carbonyl (C=O) groups excluding carboxylic acids is 1. The number of para-hydroxylation sites is 1. The lowest BCUT2D eigenvalue weighted by atomic mass is 10.1. The van der Waals surface area contributed by atoms with Gasteiger partial charge in [0.25, 0.3) is 0 Å². The third-order valence-corrected chi connectivity index (χ3v) is 2.32. The van der Waals surface area contributed by atoms with Crippen molar-refractivity contribution in [2.24, 2.45) is 0 Å². The highest BCUT2D eigenvalue weighted by Gasteiger charge is 2.02. The van der Waals surface area contributed by atoms with E-state index in [1.165, 1.54) is 6.92 Å². The molecule has 0 saturated heterocycles. The predicted molar refractivity (Wildman–Crippen MR) is 70.5 cm³/mol. The molecule has 1 amide bonds. The number of hydrogen-bond donors (Lipinski definition) is 2. The van der Waals surface area contributed by atoms with Crippen LogP contribution in [0.15, 0.2) is 24.3 Å². The molecule has 0 spiro atoms. The zero-order chi connectivity index (χ0) is 12.5. The van der Waals surface area contributed by atoms with Crippen LogP contribution in [0.4, 0.5) is 5.69 Å². The van der Waals surface area contributed by atoms with Gasteiger partial charge in [-0.25, -0.2) is 0 Å². The fourth-order valence-electron chi connectivity index (χ4n) is 1.52. The first-order chi connectivity index (χ1) is 8.24. The van der Waals surface area contributed by atoms with Crippen molar-refractivity contribution in [3.63, 3.8) is 0 Å². The van der Waals surface area contributed by atoms with Gasteiger partial charge in [-0.3, -0.25) is 4.79 Å². The average Bonchev–Trinajstić information content (AvgIpc) is 2.30. The molecule has 0 aliphatic rings. The number of anilines is 1. The summed E-state index contributed by atoms with van der Waals surface area (Å²) in [5, 5.41) is 6.12. The van der Waals surface area contributed by atoms with Gasteiger partial charge in [0.1, 0.15) is 0 Å². The zero-order valence-corrected chi connectivity index (χ0v) is 10.1. The molecule has 1 rings (SSSR count). The van der Waals surface area contributed by atoms with E-state index >= 15 is 0 Å². The Hall–Kier alpha value is -1.79. The van der Waals surface area contributed by atoms with Crippen molar-refractivity contribution in [1.29, 1.82) is 0 Å². The molecule has 1 aromatic rings. The highest BCUT2D eigenvalue weighted by atomic mass is 16.1. The minimum absolute atomic E-state index is 0.0511. The molecule has 0 aliphatic carbocycles. The third kappa shape index (κ3) is 5.19. The van der Waals surface area contributed by atoms with Gasteiger partial charge in [0, 0.05) is 25.6 Å². The molecule has 0 aliphatic heterocycles. The first-order valence-corrected chi connectivity index (χ1v) is 5.73. The summed E-state index contributed by atoms with van der Waals surface area (Å²) in [4.78, 5) is 11.0. The maximum absolute atomic E-state index is 11.0. The largest absolute Gasteiger partial charge is 0.326 e. The lowest BCUT2D eigenvalue weighted by Gasteiger charge is -2.10. The molecule has 0 aromatic heterocycles. The molecule has 90 valence electrons. The van der Waals surface area contributed by atoms with Crippen molar-refractivity contribution in [3.8, 4) is 12.3 Å². The molecular formula is C14H18N2O. The number of nitrogens with one attached hydrogen (secondary N) is 2. The second-order valence-corrected chi connectivity index (χ2v) is 3.82. The number of amides is 1. The molecule has 1 aromatic carbocycles. The number of terminal acetylenes is 1. The van der Waals surface area contributed by atoms with E-state index in [2.05, 4.69) is 16.6 Å². The Morgan fingerprint density at radius 2 is 2.18 bits per heavy atom. The highest BCUT2D eigenvalue weighted by Crippen LogP contribution is 2.14. The number of benzene rings is 1. The fourth-order valence-corrected chi connectivity index (χ4v) is 1.52. The van der Waals surface area contributed by atoms with E-state index in [0.29, 0.717) is 0 Å². The van der Waals surface area contributed by atoms with Gasteiger partial charge in [0.15, 0.2) is 0 Å². The maximum atomic E-state index is 11.0. The van der Waals surface area contributed by atoms with Gasteiger partial charge >= 0.3 is 0 Å². The van der Waals surface area contributed by atoms with Crippen LogP contribution in [0.1, 0.15) is 25.3 Å². The van der Waals surface area contributed by atoms with Crippen molar-refractivity contribution in [3.05, 3.63) is 29.8 Å². The van der Waals surface area contributed by atoms with Gasteiger partial charge in [-0.05, 0) is 24.6 Å². The number of unbranched alkanes of at least 4 members (excludes halogenated alkanes) is 1. The monoisotopic (exact) mass is 230 g/mol. The van der Waals surface area contributed by atoms with Crippen molar-refractivity contribution in [1.82, 2.24) is 5.32 Å². The van der Waals surface area contributed by atoms with E-state index in [0.717, 1.165) is 37.2 Å². The molecule has 0 heterocycles. The van der Waals surface area contributed by atoms with Crippen LogP contribution in [0.2, 0.25) is 0 Å². The molecular weight excluding hydrogens is 212 g/mol. The van der Waals surface area contributed by atoms with Crippen LogP contribution >= 0.6 is 0 Å². The first-order valence-electron chi connectivity index (χ1n) is 5.73. The third-order valence-electron chi connectivity index (χ3n) is 2.32. The Morgan fingerprint density at radius 3 is 2.88 bits per heavy atom. The van der Waals surface area contributed by atoms with Crippen LogP contribution in [-0.4, -0.2) is 12.5 Å². The smallest absolute Gasteiger partial charge is 0.221 e. The van der Waals surface area contributed by atoms with Crippen molar-refractivity contribution in [2.45, 2.75) is 26.3 Å². The summed E-state index contributed by atoms with van der Waals surface area (Å²) >= 11 is 0. The Labute approximate surface area is 103 Å². The molecule has 0 fully saturated rings. The van der Waals surface area contributed by atoms with Crippen molar-refractivity contribution < 1.29 is 4.79 Å². The standard InChI is InChI=1S/C14H18N2O/c1-3-4-7-10-15-11-13-8-5-6-9-14(13)16-12(2)17/h1,5-6,8-9,15H,4,7,10-11H2,2H3,(H,16,17). The summed E-state index contributed by atoms with van der Waals surface area (Å²) in [7, 11) is 0. The highest BCUT2D eigenvalue weighted by molar-refractivity contribution is 5.89. The van der Waals surface area contributed by atoms with Gasteiger partial charge < -0.3 is 10.6 Å². The normalized spacial score (nSPS) is 9.65. The lowest BCUT2D eigenvalue weighted by Crippen LogP contribution is -2.16. The topological polar surface area (TPSA) is 41.1 Å². The Morgan fingerprint density at radius 1 is 1.41 bits per heavy atom. The molecule has 3 heteroatoms. The molecule has 17 heavy (non-hydrogen) atoms. The molecule has 0 radical (unpaired) electrons. The van der Waals surface area contributed by atoms with E-state index in [-0.39, 0.29) is 5.91 Å². The second-order valence-electron chi connectivity index (χ2n) is 3.82. The van der Waals surface area contributed by atoms with Crippen molar-refractivity contribution in [2.75, 3.05) is 11.9 Å². The summed E-state index contributed by atoms with van der Waals surface area (Å²) in [5.74, 6) is 2.56.